The first kappa shape index (κ1) is 21.8. The smallest absolute Gasteiger partial charge is 0.286 e. The lowest BCUT2D eigenvalue weighted by Crippen LogP contribution is -2.04. The highest BCUT2D eigenvalue weighted by Crippen LogP contribution is 2.23. The zero-order valence-corrected chi connectivity index (χ0v) is 18.4. The molecule has 5 nitrogen and oxygen atoms in total. The van der Waals surface area contributed by atoms with E-state index in [9.17, 15) is 9.00 Å². The normalized spacial score (nSPS) is 12.3. The topological polar surface area (TPSA) is 68.6 Å². The van der Waals surface area contributed by atoms with Gasteiger partial charge in [0.05, 0.1) is 27.3 Å². The lowest BCUT2D eigenvalue weighted by Gasteiger charge is -2.05. The molecule has 1 unspecified atom stereocenters. The summed E-state index contributed by atoms with van der Waals surface area (Å²) >= 11 is 11.9. The Bertz CT molecular complexity index is 1270. The summed E-state index contributed by atoms with van der Waals surface area (Å²) in [7, 11) is -1.45. The van der Waals surface area contributed by atoms with E-state index in [-0.39, 0.29) is 10.5 Å². The third-order valence-corrected chi connectivity index (χ3v) is 6.02. The summed E-state index contributed by atoms with van der Waals surface area (Å²) in [4.78, 5) is 16.9. The van der Waals surface area contributed by atoms with Crippen LogP contribution in [0.25, 0.3) is 0 Å². The number of carbonyl (C=O) groups is 1. The summed E-state index contributed by atoms with van der Waals surface area (Å²) in [6.07, 6.45) is 4.24. The molecule has 2 aromatic carbocycles. The van der Waals surface area contributed by atoms with Crippen molar-refractivity contribution in [3.63, 3.8) is 0 Å². The zero-order valence-electron chi connectivity index (χ0n) is 16.1. The van der Waals surface area contributed by atoms with Crippen LogP contribution < -0.4 is 4.74 Å². The van der Waals surface area contributed by atoms with Crippen LogP contribution in [0.1, 0.15) is 21.5 Å². The highest BCUT2D eigenvalue weighted by Gasteiger charge is 2.13. The highest BCUT2D eigenvalue weighted by atomic mass is 35.5. The standard InChI is InChI=1S/C22H16Cl2N2O3S/c1-29-20-7-5-15(6-8-20)3-4-16-9-17(14-25-13-16)22(27)26-30(2,28)21-11-18(23)10-19(24)12-21/h5-14H,1-2H3. The Balaban J connectivity index is 1.88. The number of hydrogen-bond donors (Lipinski definition) is 0. The molecule has 0 saturated carbocycles. The molecule has 0 aliphatic rings. The van der Waals surface area contributed by atoms with E-state index in [0.29, 0.717) is 15.6 Å². The molecule has 152 valence electrons. The molecule has 1 heterocycles. The molecule has 0 N–H and O–H groups in total. The molecule has 0 aliphatic heterocycles. The molecular weight excluding hydrogens is 443 g/mol. The molecule has 0 radical (unpaired) electrons. The second-order valence-electron chi connectivity index (χ2n) is 6.24. The molecule has 3 aromatic rings. The maximum atomic E-state index is 13.0. The fourth-order valence-electron chi connectivity index (χ4n) is 2.45. The predicted molar refractivity (Wildman–Crippen MR) is 119 cm³/mol. The van der Waals surface area contributed by atoms with Gasteiger partial charge in [0, 0.05) is 39.8 Å². The first-order valence-electron chi connectivity index (χ1n) is 8.60. The average molecular weight is 459 g/mol. The number of aromatic nitrogens is 1. The molecule has 1 aromatic heterocycles. The van der Waals surface area contributed by atoms with Crippen LogP contribution >= 0.6 is 23.2 Å². The maximum absolute atomic E-state index is 13.0. The van der Waals surface area contributed by atoms with Gasteiger partial charge in [-0.1, -0.05) is 35.0 Å². The number of ether oxygens (including phenoxy) is 1. The van der Waals surface area contributed by atoms with Crippen LogP contribution in [0.4, 0.5) is 0 Å². The van der Waals surface area contributed by atoms with Gasteiger partial charge in [-0.3, -0.25) is 9.78 Å². The van der Waals surface area contributed by atoms with Gasteiger partial charge < -0.3 is 4.74 Å². The van der Waals surface area contributed by atoms with Crippen molar-refractivity contribution in [3.8, 4) is 17.6 Å². The van der Waals surface area contributed by atoms with E-state index in [4.69, 9.17) is 27.9 Å². The van der Waals surface area contributed by atoms with Crippen LogP contribution in [0, 0.1) is 11.8 Å². The van der Waals surface area contributed by atoms with Crippen molar-refractivity contribution in [3.05, 3.63) is 87.7 Å². The second-order valence-corrected chi connectivity index (χ2v) is 9.38. The number of pyridine rings is 1. The fourth-order valence-corrected chi connectivity index (χ4v) is 4.33. The number of nitrogens with zero attached hydrogens (tertiary/aromatic N) is 2. The molecule has 0 spiro atoms. The van der Waals surface area contributed by atoms with Crippen LogP contribution in [-0.2, 0) is 9.73 Å². The lowest BCUT2D eigenvalue weighted by atomic mass is 10.1. The number of carbonyl (C=O) groups excluding carboxylic acids is 1. The van der Waals surface area contributed by atoms with Crippen molar-refractivity contribution in [2.24, 2.45) is 4.36 Å². The van der Waals surface area contributed by atoms with E-state index in [0.717, 1.165) is 11.3 Å². The van der Waals surface area contributed by atoms with Crippen LogP contribution in [0.2, 0.25) is 10.0 Å². The predicted octanol–water partition coefficient (Wildman–Crippen LogP) is 5.09. The summed E-state index contributed by atoms with van der Waals surface area (Å²) in [5.74, 6) is 6.01. The van der Waals surface area contributed by atoms with Crippen molar-refractivity contribution in [2.45, 2.75) is 4.90 Å². The van der Waals surface area contributed by atoms with Crippen LogP contribution in [0.5, 0.6) is 5.75 Å². The quantitative estimate of drug-likeness (QED) is 0.512. The molecule has 3 rings (SSSR count). The Kier molecular flexibility index (Phi) is 6.78. The molecule has 8 heteroatoms. The van der Waals surface area contributed by atoms with E-state index >= 15 is 0 Å². The number of halogens is 2. The summed E-state index contributed by atoms with van der Waals surface area (Å²) in [5, 5.41) is 0.624. The molecular formula is C22H16Cl2N2O3S. The van der Waals surface area contributed by atoms with Gasteiger partial charge in [0.2, 0.25) is 0 Å². The lowest BCUT2D eigenvalue weighted by molar-refractivity contribution is 0.100. The minimum absolute atomic E-state index is 0.180. The third kappa shape index (κ3) is 5.61. The highest BCUT2D eigenvalue weighted by molar-refractivity contribution is 7.93. The summed E-state index contributed by atoms with van der Waals surface area (Å²) in [6.45, 7) is 0. The summed E-state index contributed by atoms with van der Waals surface area (Å²) in [5.41, 5.74) is 1.49. The zero-order chi connectivity index (χ0) is 21.7. The van der Waals surface area contributed by atoms with Gasteiger partial charge in [-0.05, 0) is 48.5 Å². The van der Waals surface area contributed by atoms with E-state index in [1.807, 2.05) is 12.1 Å². The van der Waals surface area contributed by atoms with Crippen molar-refractivity contribution in [1.82, 2.24) is 4.98 Å². The molecule has 0 fully saturated rings. The molecule has 1 atom stereocenters. The van der Waals surface area contributed by atoms with Gasteiger partial charge in [0.25, 0.3) is 5.91 Å². The van der Waals surface area contributed by atoms with Crippen LogP contribution in [0.3, 0.4) is 0 Å². The van der Waals surface area contributed by atoms with Crippen molar-refractivity contribution in [2.75, 3.05) is 13.4 Å². The third-order valence-electron chi connectivity index (χ3n) is 3.96. The summed E-state index contributed by atoms with van der Waals surface area (Å²) in [6, 6.07) is 13.3. The molecule has 1 amide bonds. The van der Waals surface area contributed by atoms with Crippen molar-refractivity contribution < 1.29 is 13.7 Å². The van der Waals surface area contributed by atoms with Crippen LogP contribution in [-0.4, -0.2) is 28.5 Å². The van der Waals surface area contributed by atoms with Crippen molar-refractivity contribution in [1.29, 1.82) is 0 Å². The molecule has 0 saturated heterocycles. The molecule has 0 aliphatic carbocycles. The number of amides is 1. The van der Waals surface area contributed by atoms with Gasteiger partial charge >= 0.3 is 0 Å². The SMILES string of the molecule is COc1ccc(C#Cc2cncc(C(=O)N=S(C)(=O)c3cc(Cl)cc(Cl)c3)c2)cc1. The Morgan fingerprint density at radius 1 is 1.00 bits per heavy atom. The Morgan fingerprint density at radius 3 is 2.27 bits per heavy atom. The van der Waals surface area contributed by atoms with Gasteiger partial charge in [0.1, 0.15) is 5.75 Å². The van der Waals surface area contributed by atoms with Gasteiger partial charge in [0.15, 0.2) is 0 Å². The average Bonchev–Trinajstić information content (AvgIpc) is 2.72. The minimum atomic E-state index is -3.05. The number of benzene rings is 2. The molecule has 30 heavy (non-hydrogen) atoms. The second kappa shape index (κ2) is 9.31. The Labute approximate surface area is 185 Å². The first-order valence-corrected chi connectivity index (χ1v) is 11.3. The molecule has 0 bridgehead atoms. The largest absolute Gasteiger partial charge is 0.497 e. The van der Waals surface area contributed by atoms with Crippen LogP contribution in [0.15, 0.2) is 70.2 Å². The van der Waals surface area contributed by atoms with E-state index in [1.165, 1.54) is 36.8 Å². The van der Waals surface area contributed by atoms with Gasteiger partial charge in [-0.25, -0.2) is 4.21 Å². The van der Waals surface area contributed by atoms with E-state index < -0.39 is 15.6 Å². The monoisotopic (exact) mass is 458 g/mol. The maximum Gasteiger partial charge on any atom is 0.286 e. The number of hydrogen-bond acceptors (Lipinski definition) is 4. The van der Waals surface area contributed by atoms with Crippen molar-refractivity contribution >= 4 is 38.8 Å². The van der Waals surface area contributed by atoms with Gasteiger partial charge in [-0.15, -0.1) is 0 Å². The Hall–Kier alpha value is -2.85. The number of methoxy groups -OCH3 is 1. The van der Waals surface area contributed by atoms with E-state index in [2.05, 4.69) is 21.2 Å². The Morgan fingerprint density at radius 2 is 1.63 bits per heavy atom. The summed E-state index contributed by atoms with van der Waals surface area (Å²) < 4.78 is 22.0. The first-order chi connectivity index (χ1) is 14.3. The number of rotatable bonds is 3. The van der Waals surface area contributed by atoms with E-state index in [1.54, 1.807) is 25.3 Å². The van der Waals surface area contributed by atoms with Gasteiger partial charge in [-0.2, -0.15) is 4.36 Å². The fraction of sp³-hybridized carbons (Fsp3) is 0.0909. The minimum Gasteiger partial charge on any atom is -0.497 e.